The molecular formula is C15H15N3O3. The molecule has 0 saturated carbocycles. The summed E-state index contributed by atoms with van der Waals surface area (Å²) in [5, 5.41) is 9.48. The number of aliphatic imine (C=N–C) groups is 1. The van der Waals surface area contributed by atoms with Gasteiger partial charge in [-0.15, -0.1) is 0 Å². The predicted octanol–water partition coefficient (Wildman–Crippen LogP) is 0.427. The molecule has 0 radical (unpaired) electrons. The molecule has 6 nitrogen and oxygen atoms in total. The molecular weight excluding hydrogens is 270 g/mol. The van der Waals surface area contributed by atoms with Crippen LogP contribution < -0.4 is 5.73 Å². The lowest BCUT2D eigenvalue weighted by molar-refractivity contribution is -0.148. The number of amides is 1. The Morgan fingerprint density at radius 3 is 3.00 bits per heavy atom. The normalized spacial score (nSPS) is 36.5. The van der Waals surface area contributed by atoms with Gasteiger partial charge in [-0.25, -0.2) is 4.79 Å². The fraction of sp³-hybridized carbons (Fsp3) is 0.400. The Kier molecular flexibility index (Phi) is 2.47. The van der Waals surface area contributed by atoms with Crippen molar-refractivity contribution in [2.45, 2.75) is 24.9 Å². The van der Waals surface area contributed by atoms with Crippen LogP contribution in [0, 0.1) is 11.8 Å². The van der Waals surface area contributed by atoms with Gasteiger partial charge in [0.15, 0.2) is 0 Å². The SMILES string of the molecule is N[C@@H]1CC2=C3N=C4C=CC=CC4C3C[C@H](C(=O)O)N2C1=O. The van der Waals surface area contributed by atoms with E-state index in [2.05, 4.69) is 11.1 Å². The smallest absolute Gasteiger partial charge is 0.326 e. The van der Waals surface area contributed by atoms with Gasteiger partial charge in [-0.2, -0.15) is 0 Å². The second kappa shape index (κ2) is 4.14. The Morgan fingerprint density at radius 1 is 1.43 bits per heavy atom. The number of aliphatic carboxylic acids is 1. The number of carbonyl (C=O) groups is 2. The van der Waals surface area contributed by atoms with Crippen molar-refractivity contribution >= 4 is 17.6 Å². The van der Waals surface area contributed by atoms with Crippen LogP contribution in [0.5, 0.6) is 0 Å². The first-order valence-electron chi connectivity index (χ1n) is 7.06. The summed E-state index contributed by atoms with van der Waals surface area (Å²) in [7, 11) is 0. The van der Waals surface area contributed by atoms with Crippen molar-refractivity contribution in [3.05, 3.63) is 35.7 Å². The predicted molar refractivity (Wildman–Crippen MR) is 75.2 cm³/mol. The molecule has 1 aliphatic carbocycles. The molecule has 3 N–H and O–H groups in total. The zero-order chi connectivity index (χ0) is 14.7. The van der Waals surface area contributed by atoms with Gasteiger partial charge in [0.05, 0.1) is 11.7 Å². The van der Waals surface area contributed by atoms with Crippen LogP contribution in [-0.2, 0) is 9.59 Å². The first-order chi connectivity index (χ1) is 10.1. The van der Waals surface area contributed by atoms with Crippen molar-refractivity contribution in [2.75, 3.05) is 0 Å². The van der Waals surface area contributed by atoms with Gasteiger partial charge < -0.3 is 10.8 Å². The monoisotopic (exact) mass is 285 g/mol. The summed E-state index contributed by atoms with van der Waals surface area (Å²) in [5.74, 6) is -1.12. The summed E-state index contributed by atoms with van der Waals surface area (Å²) < 4.78 is 0. The molecule has 3 heterocycles. The molecule has 0 spiro atoms. The molecule has 1 saturated heterocycles. The van der Waals surface area contributed by atoms with Crippen LogP contribution in [0.4, 0.5) is 0 Å². The highest BCUT2D eigenvalue weighted by Gasteiger charge is 2.51. The summed E-state index contributed by atoms with van der Waals surface area (Å²) in [5.41, 5.74) is 8.34. The number of carboxylic acid groups (broad SMARTS) is 1. The Bertz CT molecular complexity index is 674. The highest BCUT2D eigenvalue weighted by molar-refractivity contribution is 6.03. The Labute approximate surface area is 121 Å². The van der Waals surface area contributed by atoms with Gasteiger partial charge in [0.1, 0.15) is 6.04 Å². The van der Waals surface area contributed by atoms with Crippen LogP contribution >= 0.6 is 0 Å². The average molecular weight is 285 g/mol. The van der Waals surface area contributed by atoms with Gasteiger partial charge in [-0.05, 0) is 12.5 Å². The molecule has 0 aromatic heterocycles. The van der Waals surface area contributed by atoms with Gasteiger partial charge in [0.2, 0.25) is 5.91 Å². The van der Waals surface area contributed by atoms with E-state index in [1.807, 2.05) is 18.2 Å². The topological polar surface area (TPSA) is 96.0 Å². The molecule has 0 aromatic carbocycles. The third-order valence-corrected chi connectivity index (χ3v) is 4.70. The molecule has 4 rings (SSSR count). The van der Waals surface area contributed by atoms with Crippen molar-refractivity contribution in [3.63, 3.8) is 0 Å². The molecule has 0 aromatic rings. The number of hydrogen-bond acceptors (Lipinski definition) is 4. The van der Waals surface area contributed by atoms with Crippen molar-refractivity contribution in [3.8, 4) is 0 Å². The van der Waals surface area contributed by atoms with Crippen LogP contribution in [0.25, 0.3) is 0 Å². The maximum atomic E-state index is 12.2. The molecule has 1 fully saturated rings. The summed E-state index contributed by atoms with van der Waals surface area (Å²) >= 11 is 0. The summed E-state index contributed by atoms with van der Waals surface area (Å²) in [6, 6.07) is -1.48. The van der Waals surface area contributed by atoms with E-state index in [0.717, 1.165) is 11.4 Å². The quantitative estimate of drug-likeness (QED) is 0.730. The zero-order valence-electron chi connectivity index (χ0n) is 11.3. The van der Waals surface area contributed by atoms with Crippen LogP contribution in [-0.4, -0.2) is 39.7 Å². The molecule has 6 heteroatoms. The molecule has 1 amide bonds. The Hall–Kier alpha value is -2.21. The van der Waals surface area contributed by atoms with E-state index in [-0.39, 0.29) is 17.7 Å². The summed E-state index contributed by atoms with van der Waals surface area (Å²) in [6.07, 6.45) is 8.67. The van der Waals surface area contributed by atoms with E-state index in [1.54, 1.807) is 0 Å². The van der Waals surface area contributed by atoms with Gasteiger partial charge >= 0.3 is 5.97 Å². The van der Waals surface area contributed by atoms with Gasteiger partial charge in [0.25, 0.3) is 0 Å². The highest BCUT2D eigenvalue weighted by Crippen LogP contribution is 2.46. The molecule has 2 unspecified atom stereocenters. The van der Waals surface area contributed by atoms with Crippen molar-refractivity contribution in [1.29, 1.82) is 0 Å². The van der Waals surface area contributed by atoms with E-state index in [1.165, 1.54) is 4.90 Å². The minimum atomic E-state index is -0.974. The lowest BCUT2D eigenvalue weighted by Crippen LogP contribution is -2.48. The van der Waals surface area contributed by atoms with Crippen molar-refractivity contribution < 1.29 is 14.7 Å². The summed E-state index contributed by atoms with van der Waals surface area (Å²) in [4.78, 5) is 29.8. The molecule has 108 valence electrons. The number of carboxylic acids is 1. The third kappa shape index (κ3) is 1.59. The fourth-order valence-electron chi connectivity index (χ4n) is 3.76. The van der Waals surface area contributed by atoms with E-state index in [9.17, 15) is 14.7 Å². The minimum absolute atomic E-state index is 0.0339. The van der Waals surface area contributed by atoms with E-state index < -0.39 is 18.1 Å². The molecule has 4 atom stereocenters. The Morgan fingerprint density at radius 2 is 2.24 bits per heavy atom. The number of fused-ring (bicyclic) bond motifs is 4. The first-order valence-corrected chi connectivity index (χ1v) is 7.06. The highest BCUT2D eigenvalue weighted by atomic mass is 16.4. The van der Waals surface area contributed by atoms with Crippen LogP contribution in [0.2, 0.25) is 0 Å². The Balaban J connectivity index is 1.85. The zero-order valence-corrected chi connectivity index (χ0v) is 11.3. The van der Waals surface area contributed by atoms with Crippen molar-refractivity contribution in [2.24, 2.45) is 22.6 Å². The van der Waals surface area contributed by atoms with E-state index in [4.69, 9.17) is 5.73 Å². The molecule has 0 bridgehead atoms. The number of hydrogen-bond donors (Lipinski definition) is 2. The van der Waals surface area contributed by atoms with Crippen LogP contribution in [0.15, 0.2) is 40.7 Å². The maximum Gasteiger partial charge on any atom is 0.326 e. The molecule has 21 heavy (non-hydrogen) atoms. The maximum absolute atomic E-state index is 12.2. The second-order valence-corrected chi connectivity index (χ2v) is 5.85. The lowest BCUT2D eigenvalue weighted by Gasteiger charge is -2.35. The molecule has 4 aliphatic rings. The largest absolute Gasteiger partial charge is 0.480 e. The number of nitrogens with two attached hydrogens (primary N) is 1. The van der Waals surface area contributed by atoms with Crippen LogP contribution in [0.3, 0.4) is 0 Å². The van der Waals surface area contributed by atoms with Gasteiger partial charge in [-0.3, -0.25) is 14.7 Å². The standard InChI is InChI=1S/C15H15N3O3/c16-9-6-11-13-8(7-3-1-2-4-10(7)17-13)5-12(15(20)21)18(11)14(9)19/h1-4,7-9,12H,5-6,16H2,(H,20,21)/t7?,8?,9-,12-/m1/s1. The average Bonchev–Trinajstić information content (AvgIpc) is 2.97. The first kappa shape index (κ1) is 12.5. The minimum Gasteiger partial charge on any atom is -0.480 e. The molecule has 3 aliphatic heterocycles. The second-order valence-electron chi connectivity index (χ2n) is 5.85. The number of carbonyl (C=O) groups excluding carboxylic acids is 1. The van der Waals surface area contributed by atoms with Crippen molar-refractivity contribution in [1.82, 2.24) is 4.90 Å². The lowest BCUT2D eigenvalue weighted by atomic mass is 9.80. The number of rotatable bonds is 1. The van der Waals surface area contributed by atoms with E-state index in [0.29, 0.717) is 18.5 Å². The third-order valence-electron chi connectivity index (χ3n) is 4.70. The van der Waals surface area contributed by atoms with Gasteiger partial charge in [-0.1, -0.05) is 18.2 Å². The number of nitrogens with zero attached hydrogens (tertiary/aromatic N) is 2. The van der Waals surface area contributed by atoms with Gasteiger partial charge in [0, 0.05) is 29.7 Å². The summed E-state index contributed by atoms with van der Waals surface area (Å²) in [6.45, 7) is 0. The van der Waals surface area contributed by atoms with Crippen LogP contribution in [0.1, 0.15) is 12.8 Å². The van der Waals surface area contributed by atoms with E-state index >= 15 is 0 Å². The number of allylic oxidation sites excluding steroid dienone is 5. The fourth-order valence-corrected chi connectivity index (χ4v) is 3.76.